The second-order valence-electron chi connectivity index (χ2n) is 2.80. The third kappa shape index (κ3) is 4.62. The van der Waals surface area contributed by atoms with E-state index in [1.54, 1.807) is 19.2 Å². The molecule has 1 amide bonds. The minimum absolute atomic E-state index is 0.750. The lowest BCUT2D eigenvalue weighted by molar-refractivity contribution is 0.153. The second kappa shape index (κ2) is 4.96. The SMILES string of the molecule is [2H][13C]([2H])([2H])N[13C](=O)O/N=C/C(C)(C)S(C)=O. The van der Waals surface area contributed by atoms with E-state index in [2.05, 4.69) is 9.99 Å². The van der Waals surface area contributed by atoms with Crippen LogP contribution in [0.15, 0.2) is 5.16 Å². The lowest BCUT2D eigenvalue weighted by atomic mass is 10.2. The minimum atomic E-state index is -2.62. The van der Waals surface area contributed by atoms with Crippen LogP contribution in [0.4, 0.5) is 4.79 Å². The molecule has 1 unspecified atom stereocenters. The van der Waals surface area contributed by atoms with Crippen LogP contribution in [0.3, 0.4) is 0 Å². The van der Waals surface area contributed by atoms with Crippen molar-refractivity contribution in [2.75, 3.05) is 13.2 Å². The molecule has 0 aliphatic heterocycles. The van der Waals surface area contributed by atoms with Crippen LogP contribution in [0.1, 0.15) is 18.0 Å². The predicted octanol–water partition coefficient (Wildman–Crippen LogP) is 0.485. The highest BCUT2D eigenvalue weighted by Gasteiger charge is 2.20. The summed E-state index contributed by atoms with van der Waals surface area (Å²) >= 11 is 0. The molecule has 1 N–H and O–H groups in total. The molecular weight excluding hydrogens is 194 g/mol. The van der Waals surface area contributed by atoms with Gasteiger partial charge in [-0.05, 0) is 13.8 Å². The van der Waals surface area contributed by atoms with Crippen molar-refractivity contribution >= 4 is 23.1 Å². The normalized spacial score (nSPS) is 18.5. The molecule has 0 aromatic carbocycles. The average Bonchev–Trinajstić information content (AvgIpc) is 1.99. The van der Waals surface area contributed by atoms with Crippen molar-refractivity contribution in [3.8, 4) is 0 Å². The van der Waals surface area contributed by atoms with Crippen LogP contribution in [-0.4, -0.2) is 34.5 Å². The molecule has 0 rings (SSSR count). The Bertz CT molecular complexity index is 314. The van der Waals surface area contributed by atoms with E-state index < -0.39 is 28.6 Å². The number of nitrogens with one attached hydrogen (secondary N) is 1. The quantitative estimate of drug-likeness (QED) is 0.319. The molecule has 0 aliphatic carbocycles. The smallest absolute Gasteiger partial charge is 0.323 e. The summed E-state index contributed by atoms with van der Waals surface area (Å²) in [7, 11) is -1.18. The molecule has 0 aliphatic rings. The summed E-state index contributed by atoms with van der Waals surface area (Å²) < 4.78 is 30.5. The summed E-state index contributed by atoms with van der Waals surface area (Å²) in [6.45, 7) is 0.658. The Labute approximate surface area is 84.2 Å². The molecule has 0 aromatic heterocycles. The molecular formula is C7H14N2O3S. The van der Waals surface area contributed by atoms with E-state index in [1.807, 2.05) is 0 Å². The van der Waals surface area contributed by atoms with Crippen LogP contribution in [0, 0.1) is 0 Å². The van der Waals surface area contributed by atoms with Gasteiger partial charge in [0.05, 0.1) is 11.0 Å². The molecule has 1 atom stereocenters. The van der Waals surface area contributed by atoms with E-state index in [1.165, 1.54) is 12.5 Å². The van der Waals surface area contributed by atoms with Gasteiger partial charge in [0.15, 0.2) is 0 Å². The average molecular weight is 211 g/mol. The van der Waals surface area contributed by atoms with Crippen LogP contribution in [0.25, 0.3) is 0 Å². The maximum Gasteiger partial charge on any atom is 0.433 e. The monoisotopic (exact) mass is 211 g/mol. The van der Waals surface area contributed by atoms with Crippen molar-refractivity contribution in [2.45, 2.75) is 18.6 Å². The van der Waals surface area contributed by atoms with Crippen LogP contribution >= 0.6 is 0 Å². The molecule has 13 heavy (non-hydrogen) atoms. The number of nitrogens with zero attached hydrogens (tertiary/aromatic N) is 1. The fourth-order valence-corrected chi connectivity index (χ4v) is 0.490. The van der Waals surface area contributed by atoms with Crippen molar-refractivity contribution in [1.82, 2.24) is 5.32 Å². The van der Waals surface area contributed by atoms with Gasteiger partial charge in [-0.3, -0.25) is 9.05 Å². The van der Waals surface area contributed by atoms with Gasteiger partial charge in [-0.2, -0.15) is 0 Å². The van der Waals surface area contributed by atoms with Crippen LogP contribution in [0.2, 0.25) is 0 Å². The highest BCUT2D eigenvalue weighted by Crippen LogP contribution is 2.07. The Morgan fingerprint density at radius 3 is 2.85 bits per heavy atom. The number of carbonyl (C=O) groups is 1. The summed E-state index contributed by atoms with van der Waals surface area (Å²) in [5, 5.41) is 4.85. The zero-order valence-corrected chi connectivity index (χ0v) is 8.47. The van der Waals surface area contributed by atoms with E-state index in [-0.39, 0.29) is 0 Å². The second-order valence-corrected chi connectivity index (χ2v) is 4.76. The van der Waals surface area contributed by atoms with Gasteiger partial charge < -0.3 is 5.32 Å². The number of rotatable bonds is 3. The van der Waals surface area contributed by atoms with E-state index in [9.17, 15) is 9.00 Å². The zero-order valence-electron chi connectivity index (χ0n) is 10.7. The molecule has 0 saturated heterocycles. The maximum absolute atomic E-state index is 11.1. The summed E-state index contributed by atoms with van der Waals surface area (Å²) in [5.41, 5.74) is 0. The Balaban J connectivity index is 4.21. The van der Waals surface area contributed by atoms with Crippen molar-refractivity contribution in [3.63, 3.8) is 0 Å². The van der Waals surface area contributed by atoms with Gasteiger partial charge >= 0.3 is 6.09 Å². The largest absolute Gasteiger partial charge is 0.433 e. The number of amides is 1. The number of hydrogen-bond acceptors (Lipinski definition) is 4. The van der Waals surface area contributed by atoms with Crippen molar-refractivity contribution in [1.29, 1.82) is 0 Å². The third-order valence-corrected chi connectivity index (χ3v) is 2.93. The minimum Gasteiger partial charge on any atom is -0.323 e. The maximum atomic E-state index is 11.1. The lowest BCUT2D eigenvalue weighted by Gasteiger charge is -2.13. The summed E-state index contributed by atoms with van der Waals surface area (Å²) in [6.07, 6.45) is 1.48. The first-order valence-corrected chi connectivity index (χ1v) is 4.97. The van der Waals surface area contributed by atoms with E-state index in [0.29, 0.717) is 0 Å². The van der Waals surface area contributed by atoms with Crippen molar-refractivity contribution in [2.24, 2.45) is 5.16 Å². The summed E-state index contributed by atoms with van der Waals surface area (Å²) in [6, 6.07) is 0. The van der Waals surface area contributed by atoms with Gasteiger partial charge in [0.25, 0.3) is 0 Å². The highest BCUT2D eigenvalue weighted by molar-refractivity contribution is 7.86. The molecule has 0 radical (unpaired) electrons. The Morgan fingerprint density at radius 2 is 2.38 bits per heavy atom. The number of carbonyl (C=O) groups excluding carboxylic acids is 1. The van der Waals surface area contributed by atoms with Gasteiger partial charge in [-0.1, -0.05) is 5.16 Å². The Morgan fingerprint density at radius 1 is 1.77 bits per heavy atom. The van der Waals surface area contributed by atoms with Gasteiger partial charge in [0.2, 0.25) is 0 Å². The van der Waals surface area contributed by atoms with Crippen molar-refractivity contribution in [3.05, 3.63) is 0 Å². The first-order valence-electron chi connectivity index (χ1n) is 4.92. The van der Waals surface area contributed by atoms with E-state index >= 15 is 0 Å². The van der Waals surface area contributed by atoms with Gasteiger partial charge in [0, 0.05) is 28.1 Å². The van der Waals surface area contributed by atoms with Crippen molar-refractivity contribution < 1.29 is 18.0 Å². The van der Waals surface area contributed by atoms with Gasteiger partial charge in [-0.15, -0.1) is 0 Å². The fraction of sp³-hybridized carbons (Fsp3) is 0.714. The summed E-state index contributed by atoms with van der Waals surface area (Å²) in [5.74, 6) is 0. The molecule has 5 nitrogen and oxygen atoms in total. The molecule has 0 spiro atoms. The Kier molecular flexibility index (Phi) is 2.86. The number of hydrogen-bond donors (Lipinski definition) is 1. The standard InChI is InChI=1S/C7H14N2O3S/c1-7(2,13(4)11)5-9-12-6(10)8-3/h5H,1-4H3,(H,8,10)/b9-5+/i3+1D3,6+1. The first-order chi connectivity index (χ1) is 7.04. The van der Waals surface area contributed by atoms with Gasteiger partial charge in [-0.25, -0.2) is 4.79 Å². The predicted molar refractivity (Wildman–Crippen MR) is 52.2 cm³/mol. The van der Waals surface area contributed by atoms with Crippen LogP contribution < -0.4 is 5.32 Å². The molecule has 0 bridgehead atoms. The molecule has 76 valence electrons. The molecule has 0 aromatic rings. The first kappa shape index (κ1) is 7.49. The van der Waals surface area contributed by atoms with Gasteiger partial charge in [0.1, 0.15) is 0 Å². The summed E-state index contributed by atoms with van der Waals surface area (Å²) in [4.78, 5) is 15.1. The number of oxime groups is 1. The molecule has 0 fully saturated rings. The topological polar surface area (TPSA) is 67.8 Å². The lowest BCUT2D eigenvalue weighted by Crippen LogP contribution is -2.28. The Hall–Kier alpha value is -0.910. The molecule has 6 heteroatoms. The van der Waals surface area contributed by atoms with Crippen LogP contribution in [0.5, 0.6) is 0 Å². The van der Waals surface area contributed by atoms with Crippen LogP contribution in [-0.2, 0) is 15.6 Å². The van der Waals surface area contributed by atoms with E-state index in [4.69, 9.17) is 4.11 Å². The highest BCUT2D eigenvalue weighted by atomic mass is 32.2. The molecule has 0 heterocycles. The fourth-order valence-electron chi connectivity index (χ4n) is 0.298. The van der Waals surface area contributed by atoms with E-state index in [0.717, 1.165) is 0 Å². The molecule has 0 saturated carbocycles. The zero-order chi connectivity index (χ0) is 13.0. The third-order valence-electron chi connectivity index (χ3n) is 1.34.